The van der Waals surface area contributed by atoms with E-state index in [4.69, 9.17) is 26.4 Å². The van der Waals surface area contributed by atoms with Crippen LogP contribution < -0.4 is 16.8 Å². The number of carbonyl (C=O) groups is 2. The van der Waals surface area contributed by atoms with Crippen LogP contribution in [0.3, 0.4) is 0 Å². The van der Waals surface area contributed by atoms with E-state index in [9.17, 15) is 9.59 Å². The maximum atomic E-state index is 13.5. The number of carbonyl (C=O) groups excluding carboxylic acids is 2. The van der Waals surface area contributed by atoms with E-state index in [1.807, 2.05) is 72.8 Å². The van der Waals surface area contributed by atoms with Crippen molar-refractivity contribution < 1.29 is 19.1 Å². The summed E-state index contributed by atoms with van der Waals surface area (Å²) in [5.74, 6) is -1.64. The Bertz CT molecular complexity index is 1510. The van der Waals surface area contributed by atoms with Crippen molar-refractivity contribution in [3.8, 4) is 11.1 Å². The lowest BCUT2D eigenvalue weighted by Gasteiger charge is -2.27. The number of esters is 1. The molecule has 2 unspecified atom stereocenters. The Balaban J connectivity index is 1.56. The molecule has 0 radical (unpaired) electrons. The molecule has 4 aromatic carbocycles. The second-order valence-electron chi connectivity index (χ2n) is 10.0. The largest absolute Gasteiger partial charge is 0.469 e. The number of amidine groups is 1. The van der Waals surface area contributed by atoms with Crippen molar-refractivity contribution >= 4 is 17.7 Å². The van der Waals surface area contributed by atoms with Crippen LogP contribution >= 0.6 is 0 Å². The predicted octanol–water partition coefficient (Wildman–Crippen LogP) is 4.44. The van der Waals surface area contributed by atoms with Gasteiger partial charge in [0.2, 0.25) is 0 Å². The smallest absolute Gasteiger partial charge is 0.311 e. The summed E-state index contributed by atoms with van der Waals surface area (Å²) in [6, 6.07) is 31.3. The summed E-state index contributed by atoms with van der Waals surface area (Å²) < 4.78 is 11.2. The molecule has 8 heteroatoms. The summed E-state index contributed by atoms with van der Waals surface area (Å²) in [5, 5.41) is 10.8. The fourth-order valence-electron chi connectivity index (χ4n) is 4.74. The number of hydrogen-bond acceptors (Lipinski definition) is 6. The summed E-state index contributed by atoms with van der Waals surface area (Å²) in [6.45, 7) is 0.844. The molecule has 8 nitrogen and oxygen atoms in total. The van der Waals surface area contributed by atoms with Gasteiger partial charge in [-0.25, -0.2) is 0 Å². The fraction of sp³-hybridized carbons (Fsp3) is 0.206. The van der Waals surface area contributed by atoms with Gasteiger partial charge >= 0.3 is 5.97 Å². The average Bonchev–Trinajstić information content (AvgIpc) is 3.03. The number of benzene rings is 4. The number of ether oxygens (including phenoxy) is 2. The van der Waals surface area contributed by atoms with Crippen LogP contribution in [0.1, 0.15) is 32.6 Å². The highest BCUT2D eigenvalue weighted by Gasteiger charge is 2.31. The topological polar surface area (TPSA) is 141 Å². The van der Waals surface area contributed by atoms with Crippen molar-refractivity contribution in [2.24, 2.45) is 17.4 Å². The van der Waals surface area contributed by atoms with E-state index >= 15 is 0 Å². The molecular formula is C34H36N4O4. The number of nitrogens with two attached hydrogens (primary N) is 2. The second-order valence-corrected chi connectivity index (χ2v) is 10.0. The Morgan fingerprint density at radius 2 is 1.50 bits per heavy atom. The molecule has 0 fully saturated rings. The van der Waals surface area contributed by atoms with Crippen LogP contribution in [0, 0.1) is 11.3 Å². The quantitative estimate of drug-likeness (QED) is 0.107. The molecule has 0 aliphatic rings. The van der Waals surface area contributed by atoms with Crippen molar-refractivity contribution in [3.63, 3.8) is 0 Å². The molecule has 0 aliphatic heterocycles. The Morgan fingerprint density at radius 1 is 0.810 bits per heavy atom. The van der Waals surface area contributed by atoms with Crippen molar-refractivity contribution in [2.45, 2.75) is 25.6 Å². The van der Waals surface area contributed by atoms with E-state index in [0.717, 1.165) is 27.8 Å². The highest BCUT2D eigenvalue weighted by molar-refractivity contribution is 5.96. The summed E-state index contributed by atoms with van der Waals surface area (Å²) >= 11 is 0. The third-order valence-corrected chi connectivity index (χ3v) is 7.05. The first kappa shape index (κ1) is 30.2. The standard InChI is InChI=1S/C34H36N4O4/c1-41-34(40)30(19-24-9-5-12-29(17-24)32(36)37)31(22-42-21-23-7-3-2-4-8-23)38-33(39)27-15-13-26(14-16-27)28-11-6-10-25(18-28)20-35/h2-18,30-31H,19-22,35H2,1H3,(H3,36,37)(H,38,39). The molecule has 0 heterocycles. The zero-order valence-electron chi connectivity index (χ0n) is 23.6. The molecule has 0 aromatic heterocycles. The van der Waals surface area contributed by atoms with Crippen LogP contribution in [0.2, 0.25) is 0 Å². The van der Waals surface area contributed by atoms with E-state index in [-0.39, 0.29) is 24.8 Å². The third kappa shape index (κ3) is 8.13. The van der Waals surface area contributed by atoms with E-state index in [1.54, 1.807) is 30.3 Å². The van der Waals surface area contributed by atoms with Crippen LogP contribution in [0.5, 0.6) is 0 Å². The normalized spacial score (nSPS) is 12.2. The van der Waals surface area contributed by atoms with Gasteiger partial charge in [0, 0.05) is 17.7 Å². The molecule has 2 atom stereocenters. The van der Waals surface area contributed by atoms with Gasteiger partial charge in [-0.05, 0) is 58.5 Å². The summed E-state index contributed by atoms with van der Waals surface area (Å²) in [7, 11) is 1.32. The lowest BCUT2D eigenvalue weighted by molar-refractivity contribution is -0.147. The monoisotopic (exact) mass is 564 g/mol. The van der Waals surface area contributed by atoms with Crippen molar-refractivity contribution in [2.75, 3.05) is 13.7 Å². The zero-order valence-corrected chi connectivity index (χ0v) is 23.6. The van der Waals surface area contributed by atoms with Crippen LogP contribution in [0.4, 0.5) is 0 Å². The Hall–Kier alpha value is -4.79. The molecular weight excluding hydrogens is 528 g/mol. The number of nitrogen functional groups attached to an aromatic ring is 1. The summed E-state index contributed by atoms with van der Waals surface area (Å²) in [6.07, 6.45) is 0.254. The molecule has 216 valence electrons. The van der Waals surface area contributed by atoms with Gasteiger partial charge in [0.15, 0.2) is 0 Å². The number of methoxy groups -OCH3 is 1. The second kappa shape index (κ2) is 14.7. The SMILES string of the molecule is COC(=O)C(Cc1cccc(C(=N)N)c1)C(COCc1ccccc1)NC(=O)c1ccc(-c2cccc(CN)c2)cc1. The first-order chi connectivity index (χ1) is 20.4. The molecule has 0 saturated heterocycles. The number of hydrogen-bond donors (Lipinski definition) is 4. The highest BCUT2D eigenvalue weighted by atomic mass is 16.5. The van der Waals surface area contributed by atoms with Gasteiger partial charge in [0.1, 0.15) is 5.84 Å². The first-order valence-corrected chi connectivity index (χ1v) is 13.7. The van der Waals surface area contributed by atoms with E-state index in [1.165, 1.54) is 7.11 Å². The Kier molecular flexibility index (Phi) is 10.6. The molecule has 0 spiro atoms. The first-order valence-electron chi connectivity index (χ1n) is 13.7. The summed E-state index contributed by atoms with van der Waals surface area (Å²) in [4.78, 5) is 26.5. The minimum atomic E-state index is -0.754. The van der Waals surface area contributed by atoms with Crippen LogP contribution in [0.25, 0.3) is 11.1 Å². The molecule has 4 rings (SSSR count). The predicted molar refractivity (Wildman–Crippen MR) is 164 cm³/mol. The molecule has 1 amide bonds. The number of rotatable bonds is 13. The Morgan fingerprint density at radius 3 is 2.19 bits per heavy atom. The maximum Gasteiger partial charge on any atom is 0.311 e. The van der Waals surface area contributed by atoms with Gasteiger partial charge in [0.25, 0.3) is 5.91 Å². The van der Waals surface area contributed by atoms with Gasteiger partial charge < -0.3 is 26.3 Å². The molecule has 42 heavy (non-hydrogen) atoms. The number of amides is 1. The molecule has 0 saturated carbocycles. The lowest BCUT2D eigenvalue weighted by Crippen LogP contribution is -2.47. The van der Waals surface area contributed by atoms with Gasteiger partial charge in [0.05, 0.1) is 32.3 Å². The minimum Gasteiger partial charge on any atom is -0.469 e. The van der Waals surface area contributed by atoms with Crippen molar-refractivity contribution in [1.29, 1.82) is 5.41 Å². The summed E-state index contributed by atoms with van der Waals surface area (Å²) in [5.41, 5.74) is 17.2. The van der Waals surface area contributed by atoms with Crippen molar-refractivity contribution in [3.05, 3.63) is 131 Å². The van der Waals surface area contributed by atoms with E-state index in [2.05, 4.69) is 5.32 Å². The molecule has 0 aliphatic carbocycles. The average molecular weight is 565 g/mol. The zero-order chi connectivity index (χ0) is 29.9. The van der Waals surface area contributed by atoms with Crippen molar-refractivity contribution in [1.82, 2.24) is 5.32 Å². The van der Waals surface area contributed by atoms with E-state index < -0.39 is 17.9 Å². The van der Waals surface area contributed by atoms with Gasteiger partial charge in [-0.2, -0.15) is 0 Å². The van der Waals surface area contributed by atoms with Gasteiger partial charge in [-0.15, -0.1) is 0 Å². The Labute approximate surface area is 246 Å². The lowest BCUT2D eigenvalue weighted by atomic mass is 9.91. The van der Waals surface area contributed by atoms with Gasteiger partial charge in [-0.1, -0.05) is 78.9 Å². The van der Waals surface area contributed by atoms with Crippen LogP contribution in [-0.4, -0.2) is 37.5 Å². The minimum absolute atomic E-state index is 0.0688. The van der Waals surface area contributed by atoms with Gasteiger partial charge in [-0.3, -0.25) is 15.0 Å². The highest BCUT2D eigenvalue weighted by Crippen LogP contribution is 2.22. The third-order valence-electron chi connectivity index (χ3n) is 7.05. The van der Waals surface area contributed by atoms with Crippen LogP contribution in [0.15, 0.2) is 103 Å². The molecule has 0 bridgehead atoms. The fourth-order valence-corrected chi connectivity index (χ4v) is 4.74. The van der Waals surface area contributed by atoms with E-state index in [0.29, 0.717) is 24.3 Å². The molecule has 6 N–H and O–H groups in total. The number of nitrogens with one attached hydrogen (secondary N) is 2. The molecule has 4 aromatic rings. The van der Waals surface area contributed by atoms with Crippen LogP contribution in [-0.2, 0) is 33.8 Å². The maximum absolute atomic E-state index is 13.5.